The Bertz CT molecular complexity index is 937. The van der Waals surface area contributed by atoms with Gasteiger partial charge >= 0.3 is 11.9 Å². The molecule has 0 aliphatic carbocycles. The largest absolute Gasteiger partial charge is 0.495 e. The molecule has 0 fully saturated rings. The van der Waals surface area contributed by atoms with E-state index in [1.807, 2.05) is 26.2 Å². The molecule has 0 radical (unpaired) electrons. The van der Waals surface area contributed by atoms with Crippen LogP contribution in [0.2, 0.25) is 0 Å². The van der Waals surface area contributed by atoms with Gasteiger partial charge in [-0.2, -0.15) is 0 Å². The van der Waals surface area contributed by atoms with E-state index >= 15 is 0 Å². The first-order chi connectivity index (χ1) is 20.0. The van der Waals surface area contributed by atoms with Gasteiger partial charge in [0.05, 0.1) is 52.2 Å². The van der Waals surface area contributed by atoms with Gasteiger partial charge in [0.25, 0.3) is 0 Å². The zero-order valence-electron chi connectivity index (χ0n) is 24.0. The molecule has 16 nitrogen and oxygen atoms in total. The van der Waals surface area contributed by atoms with Gasteiger partial charge in [-0.25, -0.2) is 9.59 Å². The highest BCUT2D eigenvalue weighted by atomic mass is 16.5. The van der Waals surface area contributed by atoms with E-state index in [4.69, 9.17) is 49.6 Å². The van der Waals surface area contributed by atoms with E-state index < -0.39 is 36.4 Å². The van der Waals surface area contributed by atoms with E-state index in [9.17, 15) is 9.59 Å². The Labute approximate surface area is 243 Å². The van der Waals surface area contributed by atoms with Gasteiger partial charge in [0.1, 0.15) is 35.2 Å². The van der Waals surface area contributed by atoms with Crippen LogP contribution in [0.25, 0.3) is 0 Å². The SMILES string of the molecule is CNCCCOc1cncc(OC)c1.CNCCCOc1cncc(OC)c1.O=C(O)[C@@H](O)[C@H](O)[C@H](O)[C@@H](O)C(=O)O. The van der Waals surface area contributed by atoms with Gasteiger partial charge in [-0.05, 0) is 40.0 Å². The van der Waals surface area contributed by atoms with Crippen LogP contribution in [-0.4, -0.2) is 132 Å². The summed E-state index contributed by atoms with van der Waals surface area (Å²) in [7, 11) is 7.07. The van der Waals surface area contributed by atoms with Crippen LogP contribution in [0.15, 0.2) is 36.9 Å². The summed E-state index contributed by atoms with van der Waals surface area (Å²) in [6.07, 6.45) is -0.651. The number of pyridine rings is 2. The van der Waals surface area contributed by atoms with Crippen molar-refractivity contribution in [3.63, 3.8) is 0 Å². The molecular weight excluding hydrogens is 560 g/mol. The molecule has 42 heavy (non-hydrogen) atoms. The third kappa shape index (κ3) is 16.5. The van der Waals surface area contributed by atoms with E-state index in [0.29, 0.717) is 13.2 Å². The molecule has 4 atom stereocenters. The summed E-state index contributed by atoms with van der Waals surface area (Å²) in [5, 5.41) is 57.6. The van der Waals surface area contributed by atoms with Gasteiger partial charge in [0.2, 0.25) is 0 Å². The van der Waals surface area contributed by atoms with E-state index in [1.165, 1.54) is 0 Å². The maximum absolute atomic E-state index is 10.1. The standard InChI is InChI=1S/2C10H16N2O2.C6H10O8/c2*1-11-4-3-5-14-10-6-9(13-2)7-12-8-10;7-1(3(9)5(11)12)2(8)4(10)6(13)14/h2*6-8,11H,3-5H2,1-2H3;1-4,7-10H,(H,11,12)(H,13,14)/t;;1-,2+,3+,4-. The van der Waals surface area contributed by atoms with Gasteiger partial charge in [0.15, 0.2) is 12.2 Å². The number of rotatable bonds is 17. The van der Waals surface area contributed by atoms with Crippen LogP contribution in [0.4, 0.5) is 0 Å². The van der Waals surface area contributed by atoms with Crippen molar-refractivity contribution in [2.45, 2.75) is 37.3 Å². The number of carboxylic acid groups (broad SMARTS) is 2. The van der Waals surface area contributed by atoms with Gasteiger partial charge in [-0.1, -0.05) is 0 Å². The highest BCUT2D eigenvalue weighted by molar-refractivity contribution is 5.75. The summed E-state index contributed by atoms with van der Waals surface area (Å²) in [4.78, 5) is 28.2. The number of carbonyl (C=O) groups is 2. The second-order valence-corrected chi connectivity index (χ2v) is 8.28. The van der Waals surface area contributed by atoms with Crippen LogP contribution in [0, 0.1) is 0 Å². The van der Waals surface area contributed by atoms with Gasteiger partial charge in [0, 0.05) is 12.1 Å². The van der Waals surface area contributed by atoms with E-state index in [0.717, 1.165) is 48.9 Å². The molecule has 2 heterocycles. The minimum atomic E-state index is -2.36. The summed E-state index contributed by atoms with van der Waals surface area (Å²) in [6, 6.07) is 3.65. The second kappa shape index (κ2) is 22.8. The predicted octanol–water partition coefficient (Wildman–Crippen LogP) is -1.24. The molecule has 0 amide bonds. The van der Waals surface area contributed by atoms with Crippen molar-refractivity contribution >= 4 is 11.9 Å². The normalized spacial score (nSPS) is 13.0. The van der Waals surface area contributed by atoms with Gasteiger partial charge < -0.3 is 60.2 Å². The molecule has 0 aromatic carbocycles. The number of aromatic nitrogens is 2. The summed E-state index contributed by atoms with van der Waals surface area (Å²) < 4.78 is 21.0. The number of ether oxygens (including phenoxy) is 4. The zero-order chi connectivity index (χ0) is 31.9. The quantitative estimate of drug-likeness (QED) is 0.0987. The summed E-state index contributed by atoms with van der Waals surface area (Å²) in [5.41, 5.74) is 0. The number of carboxylic acids is 2. The molecule has 2 rings (SSSR count). The topological polar surface area (TPSA) is 242 Å². The van der Waals surface area contributed by atoms with Crippen molar-refractivity contribution in [3.05, 3.63) is 36.9 Å². The fraction of sp³-hybridized carbons (Fsp3) is 0.538. The lowest BCUT2D eigenvalue weighted by Gasteiger charge is -2.21. The summed E-state index contributed by atoms with van der Waals surface area (Å²) in [6.45, 7) is 3.29. The molecular formula is C26H42N4O12. The van der Waals surface area contributed by atoms with Crippen molar-refractivity contribution in [1.29, 1.82) is 0 Å². The lowest BCUT2D eigenvalue weighted by atomic mass is 10.0. The van der Waals surface area contributed by atoms with Crippen LogP contribution < -0.4 is 29.6 Å². The van der Waals surface area contributed by atoms with E-state index in [-0.39, 0.29) is 0 Å². The fourth-order valence-electron chi connectivity index (χ4n) is 2.72. The third-order valence-corrected chi connectivity index (χ3v) is 5.03. The number of nitrogens with one attached hydrogen (secondary N) is 2. The molecule has 0 bridgehead atoms. The number of aliphatic hydroxyl groups is 4. The average Bonchev–Trinajstić information content (AvgIpc) is 3.00. The summed E-state index contributed by atoms with van der Waals surface area (Å²) >= 11 is 0. The van der Waals surface area contributed by atoms with Crippen molar-refractivity contribution in [1.82, 2.24) is 20.6 Å². The van der Waals surface area contributed by atoms with Crippen LogP contribution in [0.3, 0.4) is 0 Å². The smallest absolute Gasteiger partial charge is 0.335 e. The molecule has 0 spiro atoms. The zero-order valence-corrected chi connectivity index (χ0v) is 24.0. The first-order valence-corrected chi connectivity index (χ1v) is 12.7. The number of nitrogens with zero attached hydrogens (tertiary/aromatic N) is 2. The number of hydrogen-bond acceptors (Lipinski definition) is 14. The fourth-order valence-corrected chi connectivity index (χ4v) is 2.72. The molecule has 0 aliphatic rings. The Balaban J connectivity index is 0.000000600. The number of aliphatic hydroxyl groups excluding tert-OH is 4. The lowest BCUT2D eigenvalue weighted by molar-refractivity contribution is -0.172. The molecule has 8 N–H and O–H groups in total. The Morgan fingerprint density at radius 2 is 1.02 bits per heavy atom. The van der Waals surface area contributed by atoms with Gasteiger partial charge in [-0.15, -0.1) is 0 Å². The molecule has 2 aromatic rings. The number of aliphatic carboxylic acids is 2. The highest BCUT2D eigenvalue weighted by Crippen LogP contribution is 2.17. The lowest BCUT2D eigenvalue weighted by Crippen LogP contribution is -2.49. The van der Waals surface area contributed by atoms with Gasteiger partial charge in [-0.3, -0.25) is 9.97 Å². The Kier molecular flexibility index (Phi) is 20.8. The minimum Gasteiger partial charge on any atom is -0.495 e. The first kappa shape index (κ1) is 38.2. The molecule has 0 saturated heterocycles. The van der Waals surface area contributed by atoms with Crippen molar-refractivity contribution in [3.8, 4) is 23.0 Å². The van der Waals surface area contributed by atoms with Crippen LogP contribution in [0.1, 0.15) is 12.8 Å². The molecule has 16 heteroatoms. The van der Waals surface area contributed by atoms with E-state index in [2.05, 4.69) is 20.6 Å². The minimum absolute atomic E-state index is 0.690. The molecule has 238 valence electrons. The van der Waals surface area contributed by atoms with Crippen LogP contribution in [0.5, 0.6) is 23.0 Å². The van der Waals surface area contributed by atoms with Crippen LogP contribution >= 0.6 is 0 Å². The first-order valence-electron chi connectivity index (χ1n) is 12.7. The highest BCUT2D eigenvalue weighted by Gasteiger charge is 2.37. The number of methoxy groups -OCH3 is 2. The number of hydrogen-bond donors (Lipinski definition) is 8. The monoisotopic (exact) mass is 602 g/mol. The third-order valence-electron chi connectivity index (χ3n) is 5.03. The van der Waals surface area contributed by atoms with Crippen molar-refractivity contribution in [2.24, 2.45) is 0 Å². The summed E-state index contributed by atoms with van der Waals surface area (Å²) in [5.74, 6) is -0.739. The molecule has 2 aromatic heterocycles. The maximum Gasteiger partial charge on any atom is 0.335 e. The van der Waals surface area contributed by atoms with Crippen LogP contribution in [-0.2, 0) is 9.59 Å². The average molecular weight is 603 g/mol. The molecule has 0 saturated carbocycles. The van der Waals surface area contributed by atoms with E-state index in [1.54, 1.807) is 39.0 Å². The Morgan fingerprint density at radius 3 is 1.31 bits per heavy atom. The molecule has 0 aliphatic heterocycles. The van der Waals surface area contributed by atoms with Crippen molar-refractivity contribution in [2.75, 3.05) is 54.6 Å². The predicted molar refractivity (Wildman–Crippen MR) is 149 cm³/mol. The second-order valence-electron chi connectivity index (χ2n) is 8.28. The maximum atomic E-state index is 10.1. The van der Waals surface area contributed by atoms with Crippen molar-refractivity contribution < 1.29 is 59.2 Å². The molecule has 0 unspecified atom stereocenters. The Hall–Kier alpha value is -3.80. The Morgan fingerprint density at radius 1 is 0.690 bits per heavy atom.